The molecule has 0 saturated heterocycles. The molecule has 2 nitrogen and oxygen atoms in total. The monoisotopic (exact) mass is 650 g/mol. The van der Waals surface area contributed by atoms with E-state index in [9.17, 15) is 0 Å². The summed E-state index contributed by atoms with van der Waals surface area (Å²) >= 11 is 0. The fourth-order valence-electron chi connectivity index (χ4n) is 7.41. The van der Waals surface area contributed by atoms with Gasteiger partial charge in [-0.3, -0.25) is 4.90 Å². The number of anilines is 3. The molecule has 1 heterocycles. The highest BCUT2D eigenvalue weighted by atomic mass is 15.2. The Morgan fingerprint density at radius 2 is 0.725 bits per heavy atom. The van der Waals surface area contributed by atoms with Crippen molar-refractivity contribution in [3.8, 4) is 44.5 Å². The fraction of sp³-hybridized carbons (Fsp3) is 0. The molecule has 1 aromatic heterocycles. The molecule has 9 rings (SSSR count). The van der Waals surface area contributed by atoms with Crippen molar-refractivity contribution in [1.29, 1.82) is 0 Å². The van der Waals surface area contributed by atoms with E-state index in [4.69, 9.17) is 4.98 Å². The summed E-state index contributed by atoms with van der Waals surface area (Å²) in [5.41, 5.74) is 11.9. The molecular weight excluding hydrogens is 617 g/mol. The maximum Gasteiger partial charge on any atom is 0.137 e. The van der Waals surface area contributed by atoms with Crippen LogP contribution < -0.4 is 4.90 Å². The summed E-state index contributed by atoms with van der Waals surface area (Å²) in [7, 11) is 0. The Morgan fingerprint density at radius 1 is 0.294 bits per heavy atom. The topological polar surface area (TPSA) is 16.1 Å². The summed E-state index contributed by atoms with van der Waals surface area (Å²) in [5, 5.41) is 4.96. The molecule has 240 valence electrons. The highest BCUT2D eigenvalue weighted by Crippen LogP contribution is 2.46. The second-order valence-electron chi connectivity index (χ2n) is 12.7. The van der Waals surface area contributed by atoms with Crippen LogP contribution in [0.4, 0.5) is 17.2 Å². The largest absolute Gasteiger partial charge is 0.295 e. The van der Waals surface area contributed by atoms with Gasteiger partial charge in [0.2, 0.25) is 0 Å². The molecule has 0 bridgehead atoms. The maximum atomic E-state index is 4.77. The average Bonchev–Trinajstić information content (AvgIpc) is 3.22. The maximum absolute atomic E-state index is 4.77. The van der Waals surface area contributed by atoms with Gasteiger partial charge in [-0.15, -0.1) is 0 Å². The number of benzene rings is 8. The summed E-state index contributed by atoms with van der Waals surface area (Å²) < 4.78 is 0. The Kier molecular flexibility index (Phi) is 7.88. The standard InChI is InChI=1S/C49H34N2/c1-3-15-35(16-4-1)36-26-30-39(31-27-36)51(47-25-13-14-34-50-47)40-32-28-38(29-33-40)48-43-21-9-11-23-45(43)49(46-24-12-10-22-44(46)48)42-20-8-7-19-41(42)37-17-5-2-6-18-37/h1-34H. The number of rotatable bonds is 7. The molecule has 0 aliphatic heterocycles. The van der Waals surface area contributed by atoms with Crippen LogP contribution in [0.5, 0.6) is 0 Å². The van der Waals surface area contributed by atoms with Crippen molar-refractivity contribution in [2.45, 2.75) is 0 Å². The molecule has 0 saturated carbocycles. The van der Waals surface area contributed by atoms with Crippen molar-refractivity contribution in [2.75, 3.05) is 4.90 Å². The third-order valence-corrected chi connectivity index (χ3v) is 9.74. The van der Waals surface area contributed by atoms with Crippen LogP contribution in [0.1, 0.15) is 0 Å². The zero-order valence-electron chi connectivity index (χ0n) is 28.0. The number of pyridine rings is 1. The van der Waals surface area contributed by atoms with E-state index in [1.54, 1.807) is 0 Å². The summed E-state index contributed by atoms with van der Waals surface area (Å²) in [6.07, 6.45) is 1.85. The van der Waals surface area contributed by atoms with Gasteiger partial charge in [0.05, 0.1) is 0 Å². The van der Waals surface area contributed by atoms with Gasteiger partial charge in [0, 0.05) is 17.6 Å². The van der Waals surface area contributed by atoms with Crippen molar-refractivity contribution in [1.82, 2.24) is 4.98 Å². The minimum absolute atomic E-state index is 0.870. The molecule has 51 heavy (non-hydrogen) atoms. The van der Waals surface area contributed by atoms with E-state index in [-0.39, 0.29) is 0 Å². The van der Waals surface area contributed by atoms with E-state index in [1.165, 1.54) is 66.1 Å². The fourth-order valence-corrected chi connectivity index (χ4v) is 7.41. The van der Waals surface area contributed by atoms with Crippen molar-refractivity contribution in [3.63, 3.8) is 0 Å². The first kappa shape index (κ1) is 30.3. The first-order valence-electron chi connectivity index (χ1n) is 17.4. The Hall–Kier alpha value is -6.77. The number of fused-ring (bicyclic) bond motifs is 2. The molecule has 8 aromatic carbocycles. The van der Waals surface area contributed by atoms with Crippen molar-refractivity contribution >= 4 is 38.7 Å². The van der Waals surface area contributed by atoms with Crippen LogP contribution >= 0.6 is 0 Å². The highest BCUT2D eigenvalue weighted by molar-refractivity contribution is 6.22. The molecule has 9 aromatic rings. The quantitative estimate of drug-likeness (QED) is 0.160. The van der Waals surface area contributed by atoms with Gasteiger partial charge in [0.1, 0.15) is 5.82 Å². The molecule has 0 amide bonds. The van der Waals surface area contributed by atoms with Gasteiger partial charge in [-0.1, -0.05) is 164 Å². The predicted molar refractivity (Wildman–Crippen MR) is 216 cm³/mol. The van der Waals surface area contributed by atoms with Crippen LogP contribution in [0.3, 0.4) is 0 Å². The predicted octanol–water partition coefficient (Wildman–Crippen LogP) is 13.5. The average molecular weight is 651 g/mol. The van der Waals surface area contributed by atoms with Gasteiger partial charge < -0.3 is 0 Å². The normalized spacial score (nSPS) is 11.1. The second-order valence-corrected chi connectivity index (χ2v) is 12.7. The Labute approximate surface area is 298 Å². The van der Waals surface area contributed by atoms with E-state index in [0.717, 1.165) is 17.2 Å². The van der Waals surface area contributed by atoms with E-state index in [0.29, 0.717) is 0 Å². The Balaban J connectivity index is 1.19. The molecule has 0 spiro atoms. The lowest BCUT2D eigenvalue weighted by Crippen LogP contribution is -2.11. The van der Waals surface area contributed by atoms with Crippen LogP contribution in [-0.2, 0) is 0 Å². The zero-order valence-corrected chi connectivity index (χ0v) is 28.0. The summed E-state index contributed by atoms with van der Waals surface area (Å²) in [4.78, 5) is 6.99. The van der Waals surface area contributed by atoms with Crippen molar-refractivity contribution in [2.24, 2.45) is 0 Å². The van der Waals surface area contributed by atoms with Crippen LogP contribution in [0.25, 0.3) is 66.1 Å². The first-order chi connectivity index (χ1) is 25.3. The van der Waals surface area contributed by atoms with Crippen LogP contribution in [0, 0.1) is 0 Å². The third-order valence-electron chi connectivity index (χ3n) is 9.74. The molecule has 0 atom stereocenters. The van der Waals surface area contributed by atoms with Crippen molar-refractivity contribution in [3.05, 3.63) is 206 Å². The van der Waals surface area contributed by atoms with Gasteiger partial charge in [-0.2, -0.15) is 0 Å². The number of aromatic nitrogens is 1. The second kappa shape index (κ2) is 13.3. The Morgan fingerprint density at radius 3 is 1.27 bits per heavy atom. The molecule has 2 heteroatoms. The molecule has 0 N–H and O–H groups in total. The van der Waals surface area contributed by atoms with Gasteiger partial charge in [-0.05, 0) is 102 Å². The molecular formula is C49H34N2. The lowest BCUT2D eigenvalue weighted by molar-refractivity contribution is 1.18. The lowest BCUT2D eigenvalue weighted by Gasteiger charge is -2.25. The SMILES string of the molecule is c1ccc(-c2ccc(N(c3ccc(-c4c5ccccc5c(-c5ccccc5-c5ccccc5)c5ccccc45)cc3)c3ccccn3)cc2)cc1. The minimum atomic E-state index is 0.870. The number of nitrogens with zero attached hydrogens (tertiary/aromatic N) is 2. The summed E-state index contributed by atoms with van der Waals surface area (Å²) in [5.74, 6) is 0.870. The third kappa shape index (κ3) is 5.63. The molecule has 0 aliphatic rings. The van der Waals surface area contributed by atoms with E-state index < -0.39 is 0 Å². The number of hydrogen-bond donors (Lipinski definition) is 0. The van der Waals surface area contributed by atoms with Gasteiger partial charge in [0.25, 0.3) is 0 Å². The van der Waals surface area contributed by atoms with Gasteiger partial charge in [0.15, 0.2) is 0 Å². The van der Waals surface area contributed by atoms with Gasteiger partial charge in [-0.25, -0.2) is 4.98 Å². The zero-order chi connectivity index (χ0) is 34.0. The van der Waals surface area contributed by atoms with Crippen LogP contribution in [0.15, 0.2) is 206 Å². The summed E-state index contributed by atoms with van der Waals surface area (Å²) in [6.45, 7) is 0. The summed E-state index contributed by atoms with van der Waals surface area (Å²) in [6, 6.07) is 71.5. The molecule has 0 unspecified atom stereocenters. The molecule has 0 radical (unpaired) electrons. The Bertz CT molecular complexity index is 2540. The lowest BCUT2D eigenvalue weighted by atomic mass is 9.84. The smallest absolute Gasteiger partial charge is 0.137 e. The van der Waals surface area contributed by atoms with Crippen molar-refractivity contribution < 1.29 is 0 Å². The minimum Gasteiger partial charge on any atom is -0.295 e. The van der Waals surface area contributed by atoms with Gasteiger partial charge >= 0.3 is 0 Å². The van der Waals surface area contributed by atoms with E-state index >= 15 is 0 Å². The molecule has 0 aliphatic carbocycles. The molecule has 0 fully saturated rings. The highest BCUT2D eigenvalue weighted by Gasteiger charge is 2.20. The van der Waals surface area contributed by atoms with Crippen LogP contribution in [-0.4, -0.2) is 4.98 Å². The van der Waals surface area contributed by atoms with E-state index in [1.807, 2.05) is 18.3 Å². The number of hydrogen-bond acceptors (Lipinski definition) is 2. The van der Waals surface area contributed by atoms with Crippen LogP contribution in [0.2, 0.25) is 0 Å². The van der Waals surface area contributed by atoms with E-state index in [2.05, 4.69) is 193 Å². The first-order valence-corrected chi connectivity index (χ1v) is 17.4.